The van der Waals surface area contributed by atoms with Gasteiger partial charge in [-0.25, -0.2) is 0 Å². The monoisotopic (exact) mass is 303 g/mol. The highest BCUT2D eigenvalue weighted by Gasteiger charge is 2.19. The molecule has 0 saturated carbocycles. The molecule has 1 fully saturated rings. The summed E-state index contributed by atoms with van der Waals surface area (Å²) in [5, 5.41) is 21.9. The van der Waals surface area contributed by atoms with Gasteiger partial charge in [0.05, 0.1) is 24.3 Å². The smallest absolute Gasteiger partial charge is 0.0991 e. The molecule has 1 unspecified atom stereocenters. The molecule has 22 heavy (non-hydrogen) atoms. The first-order chi connectivity index (χ1) is 10.7. The van der Waals surface area contributed by atoms with Crippen LogP contribution in [0.15, 0.2) is 24.3 Å². The Labute approximate surface area is 132 Å². The fraction of sp³-hybridized carbons (Fsp3) is 0.588. The van der Waals surface area contributed by atoms with Crippen LogP contribution in [0.5, 0.6) is 0 Å². The average Bonchev–Trinajstić information content (AvgIpc) is 2.55. The lowest BCUT2D eigenvalue weighted by Crippen LogP contribution is -2.44. The molecule has 0 aromatic heterocycles. The summed E-state index contributed by atoms with van der Waals surface area (Å²) in [6, 6.07) is 10.4. The van der Waals surface area contributed by atoms with Crippen LogP contribution in [0.25, 0.3) is 0 Å². The Kier molecular flexibility index (Phi) is 6.81. The number of nitrogens with zero attached hydrogens (tertiary/aromatic N) is 2. The lowest BCUT2D eigenvalue weighted by Gasteiger charge is -2.32. The largest absolute Gasteiger partial charge is 0.389 e. The van der Waals surface area contributed by atoms with Crippen LogP contribution < -0.4 is 5.32 Å². The van der Waals surface area contributed by atoms with Crippen LogP contribution in [0.3, 0.4) is 0 Å². The number of aliphatic hydroxyl groups excluding tert-OH is 1. The predicted molar refractivity (Wildman–Crippen MR) is 85.3 cm³/mol. The molecule has 5 nitrogen and oxygen atoms in total. The number of hydrogen-bond donors (Lipinski definition) is 2. The zero-order valence-corrected chi connectivity index (χ0v) is 13.2. The van der Waals surface area contributed by atoms with Crippen molar-refractivity contribution in [2.45, 2.75) is 31.5 Å². The highest BCUT2D eigenvalue weighted by molar-refractivity contribution is 5.31. The number of likely N-dealkylation sites (tertiary alicyclic amines) is 1. The minimum absolute atomic E-state index is 0.380. The molecule has 1 heterocycles. The van der Waals surface area contributed by atoms with Crippen LogP contribution in [0, 0.1) is 11.3 Å². The first-order valence-corrected chi connectivity index (χ1v) is 7.83. The van der Waals surface area contributed by atoms with Crippen molar-refractivity contribution in [2.75, 3.05) is 33.4 Å². The summed E-state index contributed by atoms with van der Waals surface area (Å²) >= 11 is 0. The lowest BCUT2D eigenvalue weighted by atomic mass is 10.0. The Balaban J connectivity index is 1.69. The van der Waals surface area contributed by atoms with E-state index in [1.165, 1.54) is 5.56 Å². The SMILES string of the molecule is COCC(O)CNC1CCN(Cc2ccc(C#N)cc2)CC1. The molecule has 1 aromatic carbocycles. The second-order valence-corrected chi connectivity index (χ2v) is 5.88. The van der Waals surface area contributed by atoms with Crippen molar-refractivity contribution >= 4 is 0 Å². The van der Waals surface area contributed by atoms with E-state index in [4.69, 9.17) is 10.00 Å². The lowest BCUT2D eigenvalue weighted by molar-refractivity contribution is 0.0602. The van der Waals surface area contributed by atoms with Gasteiger partial charge in [0.2, 0.25) is 0 Å². The molecule has 120 valence electrons. The first kappa shape index (κ1) is 16.9. The maximum absolute atomic E-state index is 9.65. The average molecular weight is 303 g/mol. The van der Waals surface area contributed by atoms with Gasteiger partial charge in [0.15, 0.2) is 0 Å². The molecular formula is C17H25N3O2. The van der Waals surface area contributed by atoms with E-state index >= 15 is 0 Å². The molecule has 0 amide bonds. The van der Waals surface area contributed by atoms with E-state index in [2.05, 4.69) is 16.3 Å². The quantitative estimate of drug-likeness (QED) is 0.790. The van der Waals surface area contributed by atoms with Gasteiger partial charge < -0.3 is 15.2 Å². The molecule has 1 atom stereocenters. The van der Waals surface area contributed by atoms with E-state index < -0.39 is 6.10 Å². The molecule has 5 heteroatoms. The van der Waals surface area contributed by atoms with E-state index in [9.17, 15) is 5.11 Å². The maximum atomic E-state index is 9.65. The van der Waals surface area contributed by atoms with Gasteiger partial charge in [-0.3, -0.25) is 4.90 Å². The zero-order chi connectivity index (χ0) is 15.8. The Hall–Kier alpha value is -1.45. The molecule has 1 aromatic rings. The number of nitriles is 1. The number of benzene rings is 1. The molecule has 1 aliphatic rings. The molecule has 1 saturated heterocycles. The number of ether oxygens (including phenoxy) is 1. The molecule has 1 aliphatic heterocycles. The highest BCUT2D eigenvalue weighted by atomic mass is 16.5. The number of aliphatic hydroxyl groups is 1. The van der Waals surface area contributed by atoms with Gasteiger partial charge >= 0.3 is 0 Å². The highest BCUT2D eigenvalue weighted by Crippen LogP contribution is 2.14. The molecule has 0 spiro atoms. The molecular weight excluding hydrogens is 278 g/mol. The maximum Gasteiger partial charge on any atom is 0.0991 e. The summed E-state index contributed by atoms with van der Waals surface area (Å²) in [5.74, 6) is 0. The fourth-order valence-corrected chi connectivity index (χ4v) is 2.79. The predicted octanol–water partition coefficient (Wildman–Crippen LogP) is 1.12. The van der Waals surface area contributed by atoms with Crippen LogP contribution in [0.2, 0.25) is 0 Å². The van der Waals surface area contributed by atoms with Crippen LogP contribution in [0.1, 0.15) is 24.0 Å². The molecule has 0 aliphatic carbocycles. The van der Waals surface area contributed by atoms with E-state index in [-0.39, 0.29) is 0 Å². The van der Waals surface area contributed by atoms with Crippen molar-refractivity contribution < 1.29 is 9.84 Å². The van der Waals surface area contributed by atoms with Crippen molar-refractivity contribution in [3.05, 3.63) is 35.4 Å². The molecule has 2 N–H and O–H groups in total. The topological polar surface area (TPSA) is 68.5 Å². The Morgan fingerprint density at radius 3 is 2.64 bits per heavy atom. The van der Waals surface area contributed by atoms with E-state index in [1.54, 1.807) is 7.11 Å². The number of rotatable bonds is 7. The third kappa shape index (κ3) is 5.39. The summed E-state index contributed by atoms with van der Waals surface area (Å²) in [6.07, 6.45) is 1.76. The minimum Gasteiger partial charge on any atom is -0.389 e. The van der Waals surface area contributed by atoms with Gasteiger partial charge in [-0.15, -0.1) is 0 Å². The summed E-state index contributed by atoms with van der Waals surface area (Å²) in [5.41, 5.74) is 1.96. The Bertz CT molecular complexity index is 476. The standard InChI is InChI=1S/C17H25N3O2/c1-22-13-17(21)11-19-16-6-8-20(9-7-16)12-15-4-2-14(10-18)3-5-15/h2-5,16-17,19,21H,6-9,11-13H2,1H3. The summed E-state index contributed by atoms with van der Waals surface area (Å²) in [7, 11) is 1.60. The van der Waals surface area contributed by atoms with Crippen molar-refractivity contribution in [2.24, 2.45) is 0 Å². The Morgan fingerprint density at radius 2 is 2.05 bits per heavy atom. The van der Waals surface area contributed by atoms with Gasteiger partial charge in [-0.2, -0.15) is 5.26 Å². The van der Waals surface area contributed by atoms with E-state index in [1.807, 2.05) is 24.3 Å². The van der Waals surface area contributed by atoms with Crippen molar-refractivity contribution in [1.82, 2.24) is 10.2 Å². The van der Waals surface area contributed by atoms with Crippen LogP contribution in [-0.2, 0) is 11.3 Å². The second-order valence-electron chi connectivity index (χ2n) is 5.88. The Morgan fingerprint density at radius 1 is 1.36 bits per heavy atom. The molecule has 2 rings (SSSR count). The van der Waals surface area contributed by atoms with Crippen molar-refractivity contribution in [3.63, 3.8) is 0 Å². The second kappa shape index (κ2) is 8.86. The van der Waals surface area contributed by atoms with Gasteiger partial charge in [0.1, 0.15) is 0 Å². The number of methoxy groups -OCH3 is 1. The van der Waals surface area contributed by atoms with Gasteiger partial charge in [0, 0.05) is 26.2 Å². The number of piperidine rings is 1. The summed E-state index contributed by atoms with van der Waals surface area (Å²) in [4.78, 5) is 2.44. The number of hydrogen-bond acceptors (Lipinski definition) is 5. The summed E-state index contributed by atoms with van der Waals surface area (Å²) in [6.45, 7) is 4.01. The van der Waals surface area contributed by atoms with Crippen molar-refractivity contribution in [3.8, 4) is 6.07 Å². The minimum atomic E-state index is -0.429. The molecule has 0 bridgehead atoms. The van der Waals surface area contributed by atoms with Gasteiger partial charge in [0.25, 0.3) is 0 Å². The fourth-order valence-electron chi connectivity index (χ4n) is 2.79. The summed E-state index contributed by atoms with van der Waals surface area (Å²) < 4.78 is 4.93. The third-order valence-corrected chi connectivity index (χ3v) is 4.08. The third-order valence-electron chi connectivity index (χ3n) is 4.08. The number of nitrogens with one attached hydrogen (secondary N) is 1. The van der Waals surface area contributed by atoms with E-state index in [0.717, 1.165) is 32.5 Å². The zero-order valence-electron chi connectivity index (χ0n) is 13.2. The molecule has 0 radical (unpaired) electrons. The van der Waals surface area contributed by atoms with E-state index in [0.29, 0.717) is 24.8 Å². The normalized spacial score (nSPS) is 18.0. The van der Waals surface area contributed by atoms with Gasteiger partial charge in [-0.1, -0.05) is 12.1 Å². The van der Waals surface area contributed by atoms with Gasteiger partial charge in [-0.05, 0) is 43.6 Å². The van der Waals surface area contributed by atoms with Crippen LogP contribution in [0.4, 0.5) is 0 Å². The van der Waals surface area contributed by atoms with Crippen LogP contribution in [-0.4, -0.2) is 55.5 Å². The van der Waals surface area contributed by atoms with Crippen molar-refractivity contribution in [1.29, 1.82) is 5.26 Å². The van der Waals surface area contributed by atoms with Crippen LogP contribution >= 0.6 is 0 Å². The first-order valence-electron chi connectivity index (χ1n) is 7.83.